The number of imide groups is 1. The molecule has 0 radical (unpaired) electrons. The second kappa shape index (κ2) is 8.89. The number of esters is 1. The highest BCUT2D eigenvalue weighted by molar-refractivity contribution is 9.12. The number of amides is 3. The molecule has 1 aromatic rings. The summed E-state index contributed by atoms with van der Waals surface area (Å²) in [6, 6.07) is 5.43. The number of likely N-dealkylation sites (tertiary alicyclic amines) is 1. The van der Waals surface area contributed by atoms with E-state index in [2.05, 4.69) is 37.2 Å². The lowest BCUT2D eigenvalue weighted by Gasteiger charge is -2.28. The molecule has 0 unspecified atom stereocenters. The molecule has 3 amide bonds. The van der Waals surface area contributed by atoms with Crippen molar-refractivity contribution in [1.29, 1.82) is 0 Å². The zero-order valence-corrected chi connectivity index (χ0v) is 21.3. The third-order valence-corrected chi connectivity index (χ3v) is 9.93. The molecule has 1 aliphatic heterocycles. The van der Waals surface area contributed by atoms with E-state index < -0.39 is 17.9 Å². The molecule has 2 aliphatic carbocycles. The average molecular weight is 570 g/mol. The summed E-state index contributed by atoms with van der Waals surface area (Å²) in [4.78, 5) is 52.5. The number of benzene rings is 1. The number of fused-ring (bicyclic) bond motifs is 5. The Morgan fingerprint density at radius 3 is 2.06 bits per heavy atom. The molecule has 7 nitrogen and oxygen atoms in total. The summed E-state index contributed by atoms with van der Waals surface area (Å²) in [6.07, 6.45) is 0.846. The third kappa shape index (κ3) is 3.91. The largest absolute Gasteiger partial charge is 0.462 e. The average Bonchev–Trinajstić information content (AvgIpc) is 3.36. The van der Waals surface area contributed by atoms with Gasteiger partial charge in [-0.15, -0.1) is 0 Å². The van der Waals surface area contributed by atoms with Gasteiger partial charge in [-0.3, -0.25) is 19.3 Å². The monoisotopic (exact) mass is 568 g/mol. The minimum Gasteiger partial charge on any atom is -0.462 e. The molecule has 3 fully saturated rings. The van der Waals surface area contributed by atoms with Crippen molar-refractivity contribution in [3.8, 4) is 0 Å². The van der Waals surface area contributed by atoms with Crippen molar-refractivity contribution in [1.82, 2.24) is 4.90 Å². The van der Waals surface area contributed by atoms with Gasteiger partial charge in [-0.2, -0.15) is 0 Å². The zero-order chi connectivity index (χ0) is 23.3. The van der Waals surface area contributed by atoms with Gasteiger partial charge < -0.3 is 10.1 Å². The molecule has 3 aliphatic rings. The van der Waals surface area contributed by atoms with E-state index in [1.807, 2.05) is 13.8 Å². The minimum atomic E-state index is -0.918. The number of carbonyl (C=O) groups is 4. The predicted octanol–water partition coefficient (Wildman–Crippen LogP) is 3.60. The number of carbonyl (C=O) groups excluding carboxylic acids is 4. The van der Waals surface area contributed by atoms with Crippen molar-refractivity contribution in [3.05, 3.63) is 29.8 Å². The molecular weight excluding hydrogens is 544 g/mol. The first-order valence-corrected chi connectivity index (χ1v) is 12.7. The summed E-state index contributed by atoms with van der Waals surface area (Å²) >= 11 is 7.33. The fourth-order valence-corrected chi connectivity index (χ4v) is 7.01. The number of ether oxygens (including phenoxy) is 1. The van der Waals surface area contributed by atoms with Crippen LogP contribution in [0.1, 0.15) is 37.6 Å². The molecule has 2 bridgehead atoms. The summed E-state index contributed by atoms with van der Waals surface area (Å²) in [5.74, 6) is -1.61. The zero-order valence-electron chi connectivity index (χ0n) is 18.1. The molecule has 0 spiro atoms. The van der Waals surface area contributed by atoms with Crippen molar-refractivity contribution in [2.75, 3.05) is 11.9 Å². The molecule has 7 atom stereocenters. The van der Waals surface area contributed by atoms with Crippen molar-refractivity contribution in [2.24, 2.45) is 29.6 Å². The molecule has 9 heteroatoms. The Hall–Kier alpha value is -1.74. The van der Waals surface area contributed by atoms with E-state index in [4.69, 9.17) is 4.74 Å². The number of nitrogens with zero attached hydrogens (tertiary/aromatic N) is 1. The number of alkyl halides is 2. The van der Waals surface area contributed by atoms with Gasteiger partial charge in [-0.05, 0) is 55.4 Å². The molecular formula is C23H26Br2N2O5. The van der Waals surface area contributed by atoms with Crippen molar-refractivity contribution in [3.63, 3.8) is 0 Å². The van der Waals surface area contributed by atoms with Crippen LogP contribution in [0.4, 0.5) is 5.69 Å². The van der Waals surface area contributed by atoms with Gasteiger partial charge in [0.25, 0.3) is 0 Å². The van der Waals surface area contributed by atoms with Crippen LogP contribution in [-0.2, 0) is 19.1 Å². The first-order valence-electron chi connectivity index (χ1n) is 10.8. The Morgan fingerprint density at radius 1 is 1.03 bits per heavy atom. The van der Waals surface area contributed by atoms with Crippen LogP contribution in [0, 0.1) is 29.6 Å². The Balaban J connectivity index is 1.41. The second-order valence-corrected chi connectivity index (χ2v) is 11.4. The number of rotatable bonds is 6. The molecule has 1 aromatic carbocycles. The highest BCUT2D eigenvalue weighted by Crippen LogP contribution is 2.60. The Morgan fingerprint density at radius 2 is 1.56 bits per heavy atom. The maximum atomic E-state index is 13.1. The number of hydrogen-bond donors (Lipinski definition) is 1. The van der Waals surface area contributed by atoms with E-state index in [1.165, 1.54) is 0 Å². The lowest BCUT2D eigenvalue weighted by atomic mass is 9.81. The van der Waals surface area contributed by atoms with Crippen molar-refractivity contribution >= 4 is 61.2 Å². The van der Waals surface area contributed by atoms with Crippen LogP contribution in [0.3, 0.4) is 0 Å². The van der Waals surface area contributed by atoms with Gasteiger partial charge in [-0.1, -0.05) is 45.7 Å². The van der Waals surface area contributed by atoms with Gasteiger partial charge in [0.1, 0.15) is 6.04 Å². The first kappa shape index (κ1) is 23.4. The van der Waals surface area contributed by atoms with E-state index in [0.29, 0.717) is 17.9 Å². The van der Waals surface area contributed by atoms with Crippen molar-refractivity contribution < 1.29 is 23.9 Å². The molecule has 172 valence electrons. The van der Waals surface area contributed by atoms with Crippen molar-refractivity contribution in [2.45, 2.75) is 42.9 Å². The number of hydrogen-bond acceptors (Lipinski definition) is 5. The molecule has 1 heterocycles. The molecule has 32 heavy (non-hydrogen) atoms. The summed E-state index contributed by atoms with van der Waals surface area (Å²) < 4.78 is 5.20. The summed E-state index contributed by atoms with van der Waals surface area (Å²) in [7, 11) is 0. The maximum Gasteiger partial charge on any atom is 0.338 e. The number of anilines is 1. The lowest BCUT2D eigenvalue weighted by Crippen LogP contribution is -2.46. The highest BCUT2D eigenvalue weighted by atomic mass is 79.9. The molecule has 0 aromatic heterocycles. The summed E-state index contributed by atoms with van der Waals surface area (Å²) in [5.41, 5.74) is 0.862. The van der Waals surface area contributed by atoms with Crippen LogP contribution in [0.2, 0.25) is 0 Å². The predicted molar refractivity (Wildman–Crippen MR) is 126 cm³/mol. The first-order chi connectivity index (χ1) is 15.1. The smallest absolute Gasteiger partial charge is 0.338 e. The van der Waals surface area contributed by atoms with E-state index >= 15 is 0 Å². The van der Waals surface area contributed by atoms with Crippen LogP contribution in [0.25, 0.3) is 0 Å². The SMILES string of the molecule is CC(C)COC(=O)c1ccc(NC(=O)[C@H](C)N2C(=O)[C@@H]3[C@H]4C[C@@H]([C@H](Br)[C@H]4Br)[C@@H]3C2=O)cc1. The highest BCUT2D eigenvalue weighted by Gasteiger charge is 2.67. The molecule has 1 saturated heterocycles. The van der Waals surface area contributed by atoms with E-state index in [9.17, 15) is 19.2 Å². The van der Waals surface area contributed by atoms with E-state index in [-0.39, 0.29) is 51.1 Å². The van der Waals surface area contributed by atoms with Gasteiger partial charge in [0.15, 0.2) is 0 Å². The van der Waals surface area contributed by atoms with E-state index in [0.717, 1.165) is 11.3 Å². The topological polar surface area (TPSA) is 92.8 Å². The second-order valence-electron chi connectivity index (χ2n) is 9.29. The van der Waals surface area contributed by atoms with Gasteiger partial charge >= 0.3 is 5.97 Å². The number of nitrogens with one attached hydrogen (secondary N) is 1. The normalized spacial score (nSPS) is 31.8. The van der Waals surface area contributed by atoms with E-state index in [1.54, 1.807) is 31.2 Å². The standard InChI is InChI=1S/C23H26Br2N2O5/c1-10(2)9-32-23(31)12-4-6-13(7-5-12)26-20(28)11(3)27-21(29)16-14-8-15(17(16)22(27)30)19(25)18(14)24/h4-7,10-11,14-19H,8-9H2,1-3H3,(H,26,28)/t11-,14+,15+,16-,17+,18-,19-/m0/s1. The Kier molecular flexibility index (Phi) is 6.51. The fourth-order valence-electron chi connectivity index (χ4n) is 5.13. The van der Waals surface area contributed by atoms with Crippen LogP contribution >= 0.6 is 31.9 Å². The Bertz CT molecular complexity index is 918. The lowest BCUT2D eigenvalue weighted by molar-refractivity contribution is -0.146. The molecule has 4 rings (SSSR count). The third-order valence-electron chi connectivity index (χ3n) is 6.72. The Labute approximate surface area is 203 Å². The van der Waals surface area contributed by atoms with Crippen LogP contribution in [0.5, 0.6) is 0 Å². The molecule has 2 saturated carbocycles. The maximum absolute atomic E-state index is 13.1. The van der Waals surface area contributed by atoms with Gasteiger partial charge in [-0.25, -0.2) is 4.79 Å². The summed E-state index contributed by atoms with van der Waals surface area (Å²) in [5, 5.41) is 2.74. The minimum absolute atomic E-state index is 0.106. The van der Waals surface area contributed by atoms with Gasteiger partial charge in [0, 0.05) is 15.3 Å². The molecule has 1 N–H and O–H groups in total. The van der Waals surface area contributed by atoms with Crippen LogP contribution < -0.4 is 5.32 Å². The fraction of sp³-hybridized carbons (Fsp3) is 0.565. The summed E-state index contributed by atoms with van der Waals surface area (Å²) in [6.45, 7) is 5.82. The van der Waals surface area contributed by atoms with Crippen LogP contribution in [0.15, 0.2) is 24.3 Å². The van der Waals surface area contributed by atoms with Crippen LogP contribution in [-0.4, -0.2) is 50.9 Å². The number of halogens is 2. The van der Waals surface area contributed by atoms with Gasteiger partial charge in [0.2, 0.25) is 17.7 Å². The van der Waals surface area contributed by atoms with Gasteiger partial charge in [0.05, 0.1) is 24.0 Å². The quantitative estimate of drug-likeness (QED) is 0.321.